The number of carbonyl (C=O) groups is 1. The minimum atomic E-state index is -0.130. The molecule has 0 aliphatic heterocycles. The molecule has 7 heteroatoms. The third kappa shape index (κ3) is 5.48. The first-order valence-corrected chi connectivity index (χ1v) is 11.3. The molecule has 152 valence electrons. The van der Waals surface area contributed by atoms with Crippen molar-refractivity contribution in [1.82, 2.24) is 9.55 Å². The Morgan fingerprint density at radius 3 is 2.72 bits per heavy atom. The first-order chi connectivity index (χ1) is 13.8. The number of aryl methyl sites for hydroxylation is 1. The number of thioether (sulfide) groups is 1. The van der Waals surface area contributed by atoms with Crippen LogP contribution in [-0.4, -0.2) is 21.2 Å². The van der Waals surface area contributed by atoms with Gasteiger partial charge >= 0.3 is 0 Å². The second kappa shape index (κ2) is 9.59. The van der Waals surface area contributed by atoms with Gasteiger partial charge in [0.25, 0.3) is 5.56 Å². The second-order valence-electron chi connectivity index (χ2n) is 7.35. The van der Waals surface area contributed by atoms with Gasteiger partial charge in [-0.3, -0.25) is 14.2 Å². The monoisotopic (exact) mass is 473 g/mol. The molecule has 0 saturated heterocycles. The Labute approximate surface area is 183 Å². The molecule has 1 N–H and O–H groups in total. The zero-order valence-electron chi connectivity index (χ0n) is 16.7. The van der Waals surface area contributed by atoms with Gasteiger partial charge in [0, 0.05) is 16.7 Å². The van der Waals surface area contributed by atoms with Crippen molar-refractivity contribution in [3.05, 3.63) is 62.9 Å². The van der Waals surface area contributed by atoms with E-state index in [1.54, 1.807) is 10.6 Å². The number of anilines is 1. The van der Waals surface area contributed by atoms with Crippen LogP contribution >= 0.6 is 27.7 Å². The van der Waals surface area contributed by atoms with Crippen molar-refractivity contribution < 1.29 is 4.79 Å². The number of rotatable bonds is 7. The standard InChI is InChI=1S/C22H24BrN3O2S/c1-14(2)10-11-26-21(28)17-6-4-5-7-19(17)25-22(26)29-13-20(27)24-16-8-9-18(23)15(3)12-16/h4-9,12,14H,10-11,13H2,1-3H3,(H,24,27). The average Bonchev–Trinajstić information content (AvgIpc) is 2.68. The van der Waals surface area contributed by atoms with Gasteiger partial charge < -0.3 is 5.32 Å². The number of halogens is 1. The molecule has 0 bridgehead atoms. The summed E-state index contributed by atoms with van der Waals surface area (Å²) in [6, 6.07) is 13.0. The van der Waals surface area contributed by atoms with Gasteiger partial charge in [0.2, 0.25) is 5.91 Å². The first-order valence-electron chi connectivity index (χ1n) is 9.53. The molecule has 2 aromatic carbocycles. The molecule has 0 unspecified atom stereocenters. The van der Waals surface area contributed by atoms with Crippen molar-refractivity contribution in [3.63, 3.8) is 0 Å². The zero-order valence-corrected chi connectivity index (χ0v) is 19.1. The van der Waals surface area contributed by atoms with Crippen molar-refractivity contribution in [2.75, 3.05) is 11.1 Å². The minimum Gasteiger partial charge on any atom is -0.325 e. The van der Waals surface area contributed by atoms with Gasteiger partial charge in [-0.15, -0.1) is 0 Å². The van der Waals surface area contributed by atoms with Crippen LogP contribution in [0.5, 0.6) is 0 Å². The highest BCUT2D eigenvalue weighted by molar-refractivity contribution is 9.10. The summed E-state index contributed by atoms with van der Waals surface area (Å²) in [7, 11) is 0. The van der Waals surface area contributed by atoms with Gasteiger partial charge in [0.1, 0.15) is 0 Å². The number of nitrogens with zero attached hydrogens (tertiary/aromatic N) is 2. The molecule has 0 aliphatic carbocycles. The maximum Gasteiger partial charge on any atom is 0.262 e. The molecular weight excluding hydrogens is 450 g/mol. The van der Waals surface area contributed by atoms with Crippen molar-refractivity contribution in [3.8, 4) is 0 Å². The molecule has 0 aliphatic rings. The lowest BCUT2D eigenvalue weighted by atomic mass is 10.1. The maximum atomic E-state index is 13.0. The van der Waals surface area contributed by atoms with E-state index in [4.69, 9.17) is 0 Å². The SMILES string of the molecule is Cc1cc(NC(=O)CSc2nc3ccccc3c(=O)n2CCC(C)C)ccc1Br. The molecule has 0 saturated carbocycles. The summed E-state index contributed by atoms with van der Waals surface area (Å²) in [6.07, 6.45) is 0.873. The number of hydrogen-bond donors (Lipinski definition) is 1. The van der Waals surface area contributed by atoms with Gasteiger partial charge in [-0.1, -0.05) is 53.7 Å². The molecule has 0 radical (unpaired) electrons. The molecule has 3 aromatic rings. The summed E-state index contributed by atoms with van der Waals surface area (Å²) in [4.78, 5) is 30.1. The predicted octanol–water partition coefficient (Wildman–Crippen LogP) is 5.24. The Morgan fingerprint density at radius 1 is 1.24 bits per heavy atom. The van der Waals surface area contributed by atoms with Gasteiger partial charge in [-0.25, -0.2) is 4.98 Å². The van der Waals surface area contributed by atoms with E-state index in [2.05, 4.69) is 40.1 Å². The van der Waals surface area contributed by atoms with E-state index >= 15 is 0 Å². The minimum absolute atomic E-state index is 0.0531. The summed E-state index contributed by atoms with van der Waals surface area (Å²) < 4.78 is 2.70. The van der Waals surface area contributed by atoms with Crippen LogP contribution in [0, 0.1) is 12.8 Å². The highest BCUT2D eigenvalue weighted by Gasteiger charge is 2.14. The molecular formula is C22H24BrN3O2S. The maximum absolute atomic E-state index is 13.0. The molecule has 0 atom stereocenters. The van der Waals surface area contributed by atoms with E-state index in [-0.39, 0.29) is 17.2 Å². The number of para-hydroxylation sites is 1. The highest BCUT2D eigenvalue weighted by Crippen LogP contribution is 2.22. The Hall–Kier alpha value is -2.12. The summed E-state index contributed by atoms with van der Waals surface area (Å²) in [5.74, 6) is 0.520. The topological polar surface area (TPSA) is 64.0 Å². The first kappa shape index (κ1) is 21.6. The van der Waals surface area contributed by atoms with Crippen molar-refractivity contribution in [2.24, 2.45) is 5.92 Å². The van der Waals surface area contributed by atoms with Gasteiger partial charge in [0.05, 0.1) is 16.7 Å². The Kier molecular flexibility index (Phi) is 7.14. The average molecular weight is 474 g/mol. The number of fused-ring (bicyclic) bond motifs is 1. The molecule has 29 heavy (non-hydrogen) atoms. The number of nitrogens with one attached hydrogen (secondary N) is 1. The Morgan fingerprint density at radius 2 is 2.00 bits per heavy atom. The van der Waals surface area contributed by atoms with E-state index in [1.165, 1.54) is 11.8 Å². The third-order valence-corrected chi connectivity index (χ3v) is 6.40. The fraction of sp³-hybridized carbons (Fsp3) is 0.318. The van der Waals surface area contributed by atoms with Crippen LogP contribution in [0.4, 0.5) is 5.69 Å². The Bertz CT molecular complexity index is 1100. The van der Waals surface area contributed by atoms with Crippen molar-refractivity contribution in [1.29, 1.82) is 0 Å². The number of amides is 1. The lowest BCUT2D eigenvalue weighted by molar-refractivity contribution is -0.113. The number of carbonyl (C=O) groups excluding carboxylic acids is 1. The van der Waals surface area contributed by atoms with E-state index < -0.39 is 0 Å². The van der Waals surface area contributed by atoms with Gasteiger partial charge in [0.15, 0.2) is 5.16 Å². The number of benzene rings is 2. The normalized spacial score (nSPS) is 11.2. The quantitative estimate of drug-likeness (QED) is 0.376. The lowest BCUT2D eigenvalue weighted by Gasteiger charge is -2.14. The number of hydrogen-bond acceptors (Lipinski definition) is 4. The van der Waals surface area contributed by atoms with Crippen LogP contribution in [0.3, 0.4) is 0 Å². The molecule has 0 spiro atoms. The zero-order chi connectivity index (χ0) is 21.0. The Balaban J connectivity index is 1.80. The fourth-order valence-electron chi connectivity index (χ4n) is 2.89. The van der Waals surface area contributed by atoms with Crippen LogP contribution < -0.4 is 10.9 Å². The summed E-state index contributed by atoms with van der Waals surface area (Å²) in [6.45, 7) is 6.81. The van der Waals surface area contributed by atoms with Gasteiger partial charge in [-0.2, -0.15) is 0 Å². The fourth-order valence-corrected chi connectivity index (χ4v) is 3.96. The molecule has 1 aromatic heterocycles. The van der Waals surface area contributed by atoms with E-state index in [0.717, 1.165) is 22.1 Å². The third-order valence-electron chi connectivity index (χ3n) is 4.53. The van der Waals surface area contributed by atoms with E-state index in [1.807, 2.05) is 43.3 Å². The lowest BCUT2D eigenvalue weighted by Crippen LogP contribution is -2.25. The summed E-state index contributed by atoms with van der Waals surface area (Å²) in [5, 5.41) is 4.09. The molecule has 0 fully saturated rings. The highest BCUT2D eigenvalue weighted by atomic mass is 79.9. The predicted molar refractivity (Wildman–Crippen MR) is 124 cm³/mol. The van der Waals surface area contributed by atoms with Crippen LogP contribution in [0.2, 0.25) is 0 Å². The molecule has 1 heterocycles. The molecule has 5 nitrogen and oxygen atoms in total. The van der Waals surface area contributed by atoms with Crippen LogP contribution in [0.25, 0.3) is 10.9 Å². The van der Waals surface area contributed by atoms with Gasteiger partial charge in [-0.05, 0) is 55.2 Å². The van der Waals surface area contributed by atoms with Crippen molar-refractivity contribution in [2.45, 2.75) is 38.9 Å². The smallest absolute Gasteiger partial charge is 0.262 e. The van der Waals surface area contributed by atoms with Crippen LogP contribution in [0.1, 0.15) is 25.8 Å². The molecule has 1 amide bonds. The van der Waals surface area contributed by atoms with E-state index in [0.29, 0.717) is 28.5 Å². The second-order valence-corrected chi connectivity index (χ2v) is 9.15. The summed E-state index contributed by atoms with van der Waals surface area (Å²) >= 11 is 4.75. The largest absolute Gasteiger partial charge is 0.325 e. The summed E-state index contributed by atoms with van der Waals surface area (Å²) in [5.41, 5.74) is 2.40. The van der Waals surface area contributed by atoms with Crippen LogP contribution in [-0.2, 0) is 11.3 Å². The van der Waals surface area contributed by atoms with E-state index in [9.17, 15) is 9.59 Å². The van der Waals surface area contributed by atoms with Crippen LogP contribution in [0.15, 0.2) is 56.9 Å². The molecule has 3 rings (SSSR count). The number of aromatic nitrogens is 2. The van der Waals surface area contributed by atoms with Crippen molar-refractivity contribution >= 4 is 50.2 Å².